The molecule has 0 spiro atoms. The Labute approximate surface area is 172 Å². The SMILES string of the molecule is CC1=CCC(C)(Cc2c(F)c(Cl)c(C)c(C3(C)C=CC(C)=CC3)c2Cl)C=C1. The van der Waals surface area contributed by atoms with Crippen molar-refractivity contribution in [3.8, 4) is 0 Å². The van der Waals surface area contributed by atoms with Gasteiger partial charge in [-0.05, 0) is 56.6 Å². The molecule has 3 rings (SSSR count). The van der Waals surface area contributed by atoms with Crippen molar-refractivity contribution >= 4 is 23.2 Å². The lowest BCUT2D eigenvalue weighted by Gasteiger charge is -2.34. The monoisotopic (exact) mass is 404 g/mol. The van der Waals surface area contributed by atoms with Gasteiger partial charge in [0.05, 0.1) is 10.0 Å². The third kappa shape index (κ3) is 3.82. The fourth-order valence-corrected chi connectivity index (χ4v) is 4.78. The Kier molecular flexibility index (Phi) is 5.49. The molecule has 0 bridgehead atoms. The van der Waals surface area contributed by atoms with Gasteiger partial charge in [-0.1, -0.05) is 84.7 Å². The van der Waals surface area contributed by atoms with E-state index < -0.39 is 0 Å². The minimum Gasteiger partial charge on any atom is -0.205 e. The molecule has 0 heterocycles. The van der Waals surface area contributed by atoms with Gasteiger partial charge in [-0.2, -0.15) is 0 Å². The van der Waals surface area contributed by atoms with Gasteiger partial charge in [0.25, 0.3) is 0 Å². The highest BCUT2D eigenvalue weighted by Crippen LogP contribution is 2.46. The maximum atomic E-state index is 15.2. The van der Waals surface area contributed by atoms with Crippen molar-refractivity contribution in [3.05, 3.63) is 80.2 Å². The van der Waals surface area contributed by atoms with E-state index in [0.717, 1.165) is 24.0 Å². The van der Waals surface area contributed by atoms with Crippen molar-refractivity contribution in [1.29, 1.82) is 0 Å². The maximum Gasteiger partial charge on any atom is 0.146 e. The highest BCUT2D eigenvalue weighted by Gasteiger charge is 2.34. The number of halogens is 3. The van der Waals surface area contributed by atoms with Gasteiger partial charge in [0, 0.05) is 11.0 Å². The molecular weight excluding hydrogens is 378 g/mol. The lowest BCUT2D eigenvalue weighted by molar-refractivity contribution is 0.414. The molecule has 1 aromatic carbocycles. The van der Waals surface area contributed by atoms with Crippen LogP contribution in [-0.4, -0.2) is 0 Å². The zero-order chi connectivity index (χ0) is 20.0. The van der Waals surface area contributed by atoms with Gasteiger partial charge in [-0.25, -0.2) is 4.39 Å². The standard InChI is InChI=1S/C24H27Cl2F/c1-15-6-10-23(4,11-7-15)14-18-21(26)19(17(3)20(25)22(18)27)24(5)12-8-16(2)9-13-24/h6-10,12H,11,13-14H2,1-5H3. The van der Waals surface area contributed by atoms with Crippen molar-refractivity contribution in [2.24, 2.45) is 5.41 Å². The molecule has 0 radical (unpaired) electrons. The summed E-state index contributed by atoms with van der Waals surface area (Å²) in [6.07, 6.45) is 15.2. The molecule has 0 fully saturated rings. The molecule has 2 aliphatic rings. The van der Waals surface area contributed by atoms with Gasteiger partial charge in [-0.3, -0.25) is 0 Å². The first kappa shape index (κ1) is 20.4. The van der Waals surface area contributed by atoms with Gasteiger partial charge in [0.2, 0.25) is 0 Å². The van der Waals surface area contributed by atoms with Crippen LogP contribution in [0.1, 0.15) is 57.2 Å². The predicted octanol–water partition coefficient (Wildman–Crippen LogP) is 8.06. The molecule has 2 aliphatic carbocycles. The van der Waals surface area contributed by atoms with E-state index in [1.165, 1.54) is 11.1 Å². The molecule has 0 aliphatic heterocycles. The Morgan fingerprint density at radius 2 is 1.52 bits per heavy atom. The van der Waals surface area contributed by atoms with Gasteiger partial charge in [-0.15, -0.1) is 0 Å². The van der Waals surface area contributed by atoms with Crippen LogP contribution >= 0.6 is 23.2 Å². The van der Waals surface area contributed by atoms with Crippen molar-refractivity contribution < 1.29 is 4.39 Å². The minimum absolute atomic E-state index is 0.167. The lowest BCUT2D eigenvalue weighted by atomic mass is 9.72. The number of benzene rings is 1. The van der Waals surface area contributed by atoms with Crippen molar-refractivity contribution in [3.63, 3.8) is 0 Å². The Morgan fingerprint density at radius 3 is 2.04 bits per heavy atom. The number of rotatable bonds is 3. The summed E-state index contributed by atoms with van der Waals surface area (Å²) in [5, 5.41) is 0.718. The molecule has 1 aromatic rings. The quantitative estimate of drug-likeness (QED) is 0.446. The Balaban J connectivity index is 2.10. The third-order valence-electron chi connectivity index (χ3n) is 6.00. The molecule has 0 N–H and O–H groups in total. The van der Waals surface area contributed by atoms with E-state index in [9.17, 15) is 0 Å². The molecular formula is C24H27Cl2F. The Bertz CT molecular complexity index is 904. The summed E-state index contributed by atoms with van der Waals surface area (Å²) >= 11 is 13.3. The molecule has 2 unspecified atom stereocenters. The summed E-state index contributed by atoms with van der Waals surface area (Å²) in [7, 11) is 0. The zero-order valence-electron chi connectivity index (χ0n) is 16.7. The van der Waals surface area contributed by atoms with Crippen LogP contribution in [0.25, 0.3) is 0 Å². The van der Waals surface area contributed by atoms with Gasteiger partial charge in [0.15, 0.2) is 0 Å². The van der Waals surface area contributed by atoms with E-state index in [1.807, 2.05) is 6.92 Å². The molecule has 0 saturated heterocycles. The second-order valence-electron chi connectivity index (χ2n) is 8.64. The topological polar surface area (TPSA) is 0 Å². The zero-order valence-corrected chi connectivity index (χ0v) is 18.2. The van der Waals surface area contributed by atoms with Crippen LogP contribution in [0, 0.1) is 18.2 Å². The molecule has 0 amide bonds. The largest absolute Gasteiger partial charge is 0.205 e. The van der Waals surface area contributed by atoms with Crippen molar-refractivity contribution in [2.75, 3.05) is 0 Å². The highest BCUT2D eigenvalue weighted by molar-refractivity contribution is 6.35. The van der Waals surface area contributed by atoms with Gasteiger partial charge >= 0.3 is 0 Å². The van der Waals surface area contributed by atoms with Crippen LogP contribution in [0.3, 0.4) is 0 Å². The average molecular weight is 405 g/mol. The number of hydrogen-bond donors (Lipinski definition) is 0. The minimum atomic E-state index is -0.376. The normalized spacial score (nSPS) is 27.6. The molecule has 0 nitrogen and oxygen atoms in total. The van der Waals surface area contributed by atoms with E-state index in [4.69, 9.17) is 23.2 Å². The van der Waals surface area contributed by atoms with Crippen LogP contribution in [-0.2, 0) is 11.8 Å². The molecule has 0 saturated carbocycles. The predicted molar refractivity (Wildman–Crippen MR) is 115 cm³/mol. The maximum absolute atomic E-state index is 15.2. The van der Waals surface area contributed by atoms with Gasteiger partial charge in [0.1, 0.15) is 5.82 Å². The molecule has 2 atom stereocenters. The van der Waals surface area contributed by atoms with Crippen molar-refractivity contribution in [1.82, 2.24) is 0 Å². The van der Waals surface area contributed by atoms with E-state index >= 15 is 4.39 Å². The van der Waals surface area contributed by atoms with Crippen molar-refractivity contribution in [2.45, 2.75) is 59.3 Å². The molecule has 27 heavy (non-hydrogen) atoms. The van der Waals surface area contributed by atoms with Crippen LogP contribution < -0.4 is 0 Å². The van der Waals surface area contributed by atoms with Crippen LogP contribution in [0.2, 0.25) is 10.0 Å². The average Bonchev–Trinajstić information content (AvgIpc) is 2.63. The smallest absolute Gasteiger partial charge is 0.146 e. The second kappa shape index (κ2) is 7.26. The van der Waals surface area contributed by atoms with E-state index in [1.54, 1.807) is 0 Å². The number of hydrogen-bond acceptors (Lipinski definition) is 0. The summed E-state index contributed by atoms with van der Waals surface area (Å²) in [6, 6.07) is 0. The fraction of sp³-hybridized carbons (Fsp3) is 0.417. The fourth-order valence-electron chi connectivity index (χ4n) is 4.06. The first-order valence-electron chi connectivity index (χ1n) is 9.45. The molecule has 0 aromatic heterocycles. The second-order valence-corrected chi connectivity index (χ2v) is 9.40. The molecule has 3 heteroatoms. The van der Waals surface area contributed by atoms with Crippen LogP contribution in [0.5, 0.6) is 0 Å². The third-order valence-corrected chi connectivity index (χ3v) is 6.87. The lowest BCUT2D eigenvalue weighted by Crippen LogP contribution is -2.25. The summed E-state index contributed by atoms with van der Waals surface area (Å²) in [5.41, 5.74) is 4.24. The summed E-state index contributed by atoms with van der Waals surface area (Å²) in [6.45, 7) is 10.3. The van der Waals surface area contributed by atoms with E-state index in [0.29, 0.717) is 17.0 Å². The van der Waals surface area contributed by atoms with E-state index in [2.05, 4.69) is 64.2 Å². The summed E-state index contributed by atoms with van der Waals surface area (Å²) in [5.74, 6) is -0.376. The van der Waals surface area contributed by atoms with E-state index in [-0.39, 0.29) is 21.7 Å². The van der Waals surface area contributed by atoms with Crippen LogP contribution in [0.4, 0.5) is 4.39 Å². The first-order valence-corrected chi connectivity index (χ1v) is 10.2. The Morgan fingerprint density at radius 1 is 0.926 bits per heavy atom. The summed E-state index contributed by atoms with van der Waals surface area (Å²) in [4.78, 5) is 0. The first-order chi connectivity index (χ1) is 12.6. The number of allylic oxidation sites excluding steroid dienone is 8. The van der Waals surface area contributed by atoms with Gasteiger partial charge < -0.3 is 0 Å². The molecule has 144 valence electrons. The summed E-state index contributed by atoms with van der Waals surface area (Å²) < 4.78 is 15.2. The highest BCUT2D eigenvalue weighted by atomic mass is 35.5. The Hall–Kier alpha value is -1.31. The van der Waals surface area contributed by atoms with Crippen LogP contribution in [0.15, 0.2) is 47.6 Å².